The molecular formula is C9H15N5O2S. The van der Waals surface area contributed by atoms with Crippen LogP contribution in [0.25, 0.3) is 0 Å². The van der Waals surface area contributed by atoms with Crippen molar-refractivity contribution in [3.63, 3.8) is 0 Å². The van der Waals surface area contributed by atoms with Crippen LogP contribution in [0.3, 0.4) is 0 Å². The van der Waals surface area contributed by atoms with Crippen LogP contribution in [0, 0.1) is 0 Å². The average molecular weight is 257 g/mol. The first kappa shape index (κ1) is 12.3. The first-order valence-electron chi connectivity index (χ1n) is 5.41. The molecule has 1 aromatic rings. The van der Waals surface area contributed by atoms with Gasteiger partial charge in [-0.25, -0.2) is 0 Å². The van der Waals surface area contributed by atoms with E-state index in [9.17, 15) is 4.79 Å². The minimum atomic E-state index is -0.755. The van der Waals surface area contributed by atoms with E-state index < -0.39 is 5.97 Å². The second kappa shape index (κ2) is 5.46. The number of rotatable bonds is 4. The second-order valence-electron chi connectivity index (χ2n) is 3.99. The lowest BCUT2D eigenvalue weighted by Crippen LogP contribution is -2.43. The zero-order valence-corrected chi connectivity index (χ0v) is 10.4. The summed E-state index contributed by atoms with van der Waals surface area (Å²) >= 11 is 1.80. The number of thioether (sulfide) groups is 1. The Morgan fingerprint density at radius 1 is 1.65 bits per heavy atom. The number of tetrazole rings is 1. The summed E-state index contributed by atoms with van der Waals surface area (Å²) in [5, 5.41) is 20.7. The van der Waals surface area contributed by atoms with Crippen molar-refractivity contribution < 1.29 is 9.90 Å². The van der Waals surface area contributed by atoms with E-state index >= 15 is 0 Å². The molecule has 1 aromatic heterocycles. The molecule has 0 saturated carbocycles. The molecule has 0 amide bonds. The fourth-order valence-corrected chi connectivity index (χ4v) is 2.99. The van der Waals surface area contributed by atoms with Gasteiger partial charge in [0.25, 0.3) is 0 Å². The molecule has 0 aliphatic carbocycles. The van der Waals surface area contributed by atoms with Gasteiger partial charge in [0.15, 0.2) is 5.82 Å². The first-order valence-corrected chi connectivity index (χ1v) is 6.57. The van der Waals surface area contributed by atoms with Gasteiger partial charge < -0.3 is 5.11 Å². The van der Waals surface area contributed by atoms with Crippen LogP contribution in [0.5, 0.6) is 0 Å². The van der Waals surface area contributed by atoms with E-state index in [1.807, 2.05) is 0 Å². The minimum absolute atomic E-state index is 0.0649. The number of nitrogens with zero attached hydrogens (tertiary/aromatic N) is 5. The number of aromatic nitrogens is 4. The van der Waals surface area contributed by atoms with E-state index in [1.54, 1.807) is 18.8 Å². The highest BCUT2D eigenvalue weighted by Gasteiger charge is 2.26. The van der Waals surface area contributed by atoms with Gasteiger partial charge in [0, 0.05) is 24.1 Å². The molecule has 7 nitrogen and oxygen atoms in total. The molecule has 17 heavy (non-hydrogen) atoms. The molecule has 1 unspecified atom stereocenters. The third kappa shape index (κ3) is 3.40. The Morgan fingerprint density at radius 3 is 3.12 bits per heavy atom. The van der Waals surface area contributed by atoms with E-state index in [4.69, 9.17) is 5.11 Å². The molecule has 1 atom stereocenters. The van der Waals surface area contributed by atoms with Crippen molar-refractivity contribution in [3.05, 3.63) is 5.82 Å². The lowest BCUT2D eigenvalue weighted by molar-refractivity contribution is -0.138. The molecule has 1 saturated heterocycles. The largest absolute Gasteiger partial charge is 0.481 e. The normalized spacial score (nSPS) is 21.6. The number of carboxylic acid groups (broad SMARTS) is 1. The fourth-order valence-electron chi connectivity index (χ4n) is 1.86. The van der Waals surface area contributed by atoms with Crippen molar-refractivity contribution in [3.8, 4) is 0 Å². The Morgan fingerprint density at radius 2 is 2.47 bits per heavy atom. The highest BCUT2D eigenvalue weighted by atomic mass is 32.2. The van der Waals surface area contributed by atoms with E-state index in [0.29, 0.717) is 12.4 Å². The maximum absolute atomic E-state index is 10.8. The Kier molecular flexibility index (Phi) is 3.95. The van der Waals surface area contributed by atoms with E-state index in [2.05, 4.69) is 20.3 Å². The number of carboxylic acids is 1. The van der Waals surface area contributed by atoms with Crippen molar-refractivity contribution >= 4 is 17.7 Å². The number of aryl methyl sites for hydroxylation is 1. The molecule has 0 aromatic carbocycles. The number of hydrogen-bond donors (Lipinski definition) is 1. The van der Waals surface area contributed by atoms with E-state index in [-0.39, 0.29) is 12.5 Å². The maximum atomic E-state index is 10.8. The summed E-state index contributed by atoms with van der Waals surface area (Å²) < 4.78 is 0. The van der Waals surface area contributed by atoms with Crippen LogP contribution in [-0.4, -0.2) is 60.3 Å². The predicted octanol–water partition coefficient (Wildman–Crippen LogP) is -0.398. The summed E-state index contributed by atoms with van der Waals surface area (Å²) in [4.78, 5) is 14.3. The fraction of sp³-hybridized carbons (Fsp3) is 0.778. The smallest absolute Gasteiger partial charge is 0.304 e. The Hall–Kier alpha value is -1.15. The van der Waals surface area contributed by atoms with Crippen LogP contribution in [0.2, 0.25) is 0 Å². The van der Waals surface area contributed by atoms with Crippen molar-refractivity contribution in [2.24, 2.45) is 7.05 Å². The van der Waals surface area contributed by atoms with Gasteiger partial charge in [0.1, 0.15) is 0 Å². The Labute approximate surface area is 103 Å². The van der Waals surface area contributed by atoms with Crippen LogP contribution >= 0.6 is 11.8 Å². The van der Waals surface area contributed by atoms with Gasteiger partial charge in [-0.05, 0) is 5.21 Å². The summed E-state index contributed by atoms with van der Waals surface area (Å²) in [6.45, 7) is 1.45. The summed E-state index contributed by atoms with van der Waals surface area (Å²) in [6, 6.07) is 0.0649. The summed E-state index contributed by atoms with van der Waals surface area (Å²) in [5.41, 5.74) is 0. The molecule has 1 aliphatic heterocycles. The zero-order chi connectivity index (χ0) is 12.3. The van der Waals surface area contributed by atoms with Crippen molar-refractivity contribution in [2.75, 3.05) is 18.1 Å². The standard InChI is InChI=1S/C9H15N5O2S/c1-13-11-8(10-12-13)5-14-2-3-17-6-7(14)4-9(15)16/h7H,2-6H2,1H3,(H,15,16). The third-order valence-electron chi connectivity index (χ3n) is 2.65. The quantitative estimate of drug-likeness (QED) is 0.785. The van der Waals surface area contributed by atoms with Crippen molar-refractivity contribution in [1.29, 1.82) is 0 Å². The van der Waals surface area contributed by atoms with Crippen molar-refractivity contribution in [1.82, 2.24) is 25.1 Å². The average Bonchev–Trinajstić information content (AvgIpc) is 2.66. The molecule has 1 aliphatic rings. The van der Waals surface area contributed by atoms with E-state index in [1.165, 1.54) is 4.80 Å². The first-order chi connectivity index (χ1) is 8.15. The molecule has 0 radical (unpaired) electrons. The third-order valence-corrected chi connectivity index (χ3v) is 3.75. The highest BCUT2D eigenvalue weighted by molar-refractivity contribution is 7.99. The Balaban J connectivity index is 1.98. The SMILES string of the molecule is Cn1nnc(CN2CCSCC2CC(=O)O)n1. The van der Waals surface area contributed by atoms with Crippen molar-refractivity contribution in [2.45, 2.75) is 19.0 Å². The lowest BCUT2D eigenvalue weighted by Gasteiger charge is -2.33. The monoisotopic (exact) mass is 257 g/mol. The Bertz CT molecular complexity index is 396. The highest BCUT2D eigenvalue weighted by Crippen LogP contribution is 2.20. The molecule has 8 heteroatoms. The maximum Gasteiger partial charge on any atom is 0.304 e. The summed E-state index contributed by atoms with van der Waals surface area (Å²) in [5.74, 6) is 1.77. The molecule has 2 heterocycles. The predicted molar refractivity (Wildman–Crippen MR) is 62.6 cm³/mol. The summed E-state index contributed by atoms with van der Waals surface area (Å²) in [6.07, 6.45) is 0.174. The van der Waals surface area contributed by atoms with Crippen LogP contribution in [0.4, 0.5) is 0 Å². The summed E-state index contributed by atoms with van der Waals surface area (Å²) in [7, 11) is 1.72. The molecular weight excluding hydrogens is 242 g/mol. The molecule has 1 fully saturated rings. The van der Waals surface area contributed by atoms with Gasteiger partial charge in [-0.3, -0.25) is 9.69 Å². The van der Waals surface area contributed by atoms with Gasteiger partial charge in [-0.2, -0.15) is 16.6 Å². The molecule has 1 N–H and O–H groups in total. The van der Waals surface area contributed by atoms with Crippen LogP contribution in [0.15, 0.2) is 0 Å². The number of aliphatic carboxylic acids is 1. The van der Waals surface area contributed by atoms with Gasteiger partial charge in [0.05, 0.1) is 20.0 Å². The van der Waals surface area contributed by atoms with Crippen LogP contribution in [0.1, 0.15) is 12.2 Å². The molecule has 0 bridgehead atoms. The zero-order valence-electron chi connectivity index (χ0n) is 9.61. The van der Waals surface area contributed by atoms with Gasteiger partial charge in [-0.15, -0.1) is 10.2 Å². The topological polar surface area (TPSA) is 84.1 Å². The van der Waals surface area contributed by atoms with Crippen LogP contribution in [-0.2, 0) is 18.4 Å². The van der Waals surface area contributed by atoms with Gasteiger partial charge in [-0.1, -0.05) is 0 Å². The lowest BCUT2D eigenvalue weighted by atomic mass is 10.2. The van der Waals surface area contributed by atoms with Gasteiger partial charge in [0.2, 0.25) is 0 Å². The number of carbonyl (C=O) groups is 1. The molecule has 0 spiro atoms. The minimum Gasteiger partial charge on any atom is -0.481 e. The number of hydrogen-bond acceptors (Lipinski definition) is 6. The molecule has 94 valence electrons. The van der Waals surface area contributed by atoms with Gasteiger partial charge >= 0.3 is 5.97 Å². The second-order valence-corrected chi connectivity index (χ2v) is 5.14. The van der Waals surface area contributed by atoms with Crippen LogP contribution < -0.4 is 0 Å². The van der Waals surface area contributed by atoms with E-state index in [0.717, 1.165) is 18.1 Å². The molecule has 2 rings (SSSR count).